The molecule has 0 aromatic heterocycles. The lowest BCUT2D eigenvalue weighted by molar-refractivity contribution is -0.138. The van der Waals surface area contributed by atoms with E-state index in [0.717, 1.165) is 12.1 Å². The van der Waals surface area contributed by atoms with E-state index in [0.29, 0.717) is 6.61 Å². The fourth-order valence-corrected chi connectivity index (χ4v) is 2.51. The molecule has 0 aliphatic carbocycles. The highest BCUT2D eigenvalue weighted by Crippen LogP contribution is 2.31. The first kappa shape index (κ1) is 18.2. The van der Waals surface area contributed by atoms with E-state index < -0.39 is 19.8 Å². The molecule has 21 heavy (non-hydrogen) atoms. The van der Waals surface area contributed by atoms with Crippen molar-refractivity contribution in [2.45, 2.75) is 38.3 Å². The van der Waals surface area contributed by atoms with E-state index in [-0.39, 0.29) is 25.4 Å². The van der Waals surface area contributed by atoms with Gasteiger partial charge in [0.05, 0.1) is 12.2 Å². The lowest BCUT2D eigenvalue weighted by atomic mass is 10.0. The van der Waals surface area contributed by atoms with Crippen LogP contribution in [-0.4, -0.2) is 28.1 Å². The third-order valence-corrected chi connectivity index (χ3v) is 4.71. The molecule has 1 rings (SSSR count). The summed E-state index contributed by atoms with van der Waals surface area (Å²) in [7, 11) is -1.11. The van der Waals surface area contributed by atoms with Crippen molar-refractivity contribution in [3.05, 3.63) is 35.4 Å². The quantitative estimate of drug-likeness (QED) is 0.397. The minimum absolute atomic E-state index is 0.138. The Morgan fingerprint density at radius 2 is 1.62 bits per heavy atom. The second-order valence-corrected chi connectivity index (χ2v) is 11.8. The van der Waals surface area contributed by atoms with Crippen LogP contribution in [0.1, 0.15) is 11.1 Å². The minimum atomic E-state index is -4.32. The van der Waals surface area contributed by atoms with Crippen molar-refractivity contribution >= 4 is 8.07 Å². The number of rotatable bonds is 8. The van der Waals surface area contributed by atoms with E-state index >= 15 is 0 Å². The predicted molar refractivity (Wildman–Crippen MR) is 80.1 cm³/mol. The summed E-state index contributed by atoms with van der Waals surface area (Å²) < 4.78 is 48.9. The Kier molecular flexibility index (Phi) is 6.90. The van der Waals surface area contributed by atoms with Gasteiger partial charge in [0.25, 0.3) is 0 Å². The number of alkyl halides is 3. The fourth-order valence-electron chi connectivity index (χ4n) is 1.75. The van der Waals surface area contributed by atoms with Gasteiger partial charge in [-0.05, 0) is 24.1 Å². The van der Waals surface area contributed by atoms with Crippen LogP contribution in [0.2, 0.25) is 25.7 Å². The van der Waals surface area contributed by atoms with Crippen molar-refractivity contribution in [1.82, 2.24) is 0 Å². The Balaban J connectivity index is 2.28. The van der Waals surface area contributed by atoms with Crippen molar-refractivity contribution in [3.63, 3.8) is 0 Å². The molecule has 1 aromatic rings. The molecule has 6 heteroatoms. The molecule has 0 aliphatic heterocycles. The van der Waals surface area contributed by atoms with Crippen molar-refractivity contribution in [1.29, 1.82) is 0 Å². The average molecular weight is 320 g/mol. The van der Waals surface area contributed by atoms with Gasteiger partial charge in [0.1, 0.15) is 6.79 Å². The van der Waals surface area contributed by atoms with Crippen molar-refractivity contribution in [2.75, 3.05) is 20.0 Å². The van der Waals surface area contributed by atoms with Crippen LogP contribution >= 0.6 is 0 Å². The van der Waals surface area contributed by atoms with Gasteiger partial charge in [-0.15, -0.1) is 0 Å². The van der Waals surface area contributed by atoms with Gasteiger partial charge in [0.15, 0.2) is 0 Å². The van der Waals surface area contributed by atoms with Crippen LogP contribution in [0.5, 0.6) is 0 Å². The van der Waals surface area contributed by atoms with E-state index in [4.69, 9.17) is 9.47 Å². The van der Waals surface area contributed by atoms with Crippen LogP contribution in [0.4, 0.5) is 13.2 Å². The average Bonchev–Trinajstić information content (AvgIpc) is 2.35. The molecule has 0 aliphatic rings. The molecule has 0 heterocycles. The summed E-state index contributed by atoms with van der Waals surface area (Å²) in [4.78, 5) is 0. The van der Waals surface area contributed by atoms with Crippen LogP contribution in [0.25, 0.3) is 0 Å². The van der Waals surface area contributed by atoms with E-state index in [2.05, 4.69) is 19.6 Å². The van der Waals surface area contributed by atoms with E-state index in [1.54, 1.807) is 6.07 Å². The summed E-state index contributed by atoms with van der Waals surface area (Å²) in [5, 5.41) is 0. The molecule has 0 unspecified atom stereocenters. The van der Waals surface area contributed by atoms with Gasteiger partial charge in [0.2, 0.25) is 0 Å². The number of ether oxygens (including phenoxy) is 2. The molecule has 0 N–H and O–H groups in total. The zero-order valence-corrected chi connectivity index (χ0v) is 13.8. The fraction of sp³-hybridized carbons (Fsp3) is 0.600. The SMILES string of the molecule is C[Si](C)(C)CCOCOCCc1ccccc1C(F)(F)F. The molecular formula is C15H23F3O2Si. The summed E-state index contributed by atoms with van der Waals surface area (Å²) in [5.41, 5.74) is -0.333. The Morgan fingerprint density at radius 1 is 1.00 bits per heavy atom. The topological polar surface area (TPSA) is 18.5 Å². The first-order chi connectivity index (χ1) is 9.70. The van der Waals surface area contributed by atoms with Gasteiger partial charge in [0, 0.05) is 14.7 Å². The van der Waals surface area contributed by atoms with E-state index in [1.807, 2.05) is 0 Å². The molecule has 0 bridgehead atoms. The third-order valence-electron chi connectivity index (χ3n) is 3.00. The van der Waals surface area contributed by atoms with Crippen LogP contribution in [0.3, 0.4) is 0 Å². The second kappa shape index (κ2) is 7.96. The summed E-state index contributed by atoms with van der Waals surface area (Å²) in [6, 6.07) is 6.63. The number of hydrogen-bond acceptors (Lipinski definition) is 2. The molecule has 0 radical (unpaired) electrons. The maximum absolute atomic E-state index is 12.8. The van der Waals surface area contributed by atoms with Gasteiger partial charge in [-0.1, -0.05) is 37.8 Å². The Labute approximate surface area is 125 Å². The monoisotopic (exact) mass is 320 g/mol. The van der Waals surface area contributed by atoms with Gasteiger partial charge >= 0.3 is 6.18 Å². The standard InChI is InChI=1S/C15H23F3O2Si/c1-21(2,3)11-10-20-12-19-9-8-13-6-4-5-7-14(13)15(16,17)18/h4-7H,8-12H2,1-3H3. The highest BCUT2D eigenvalue weighted by Gasteiger charge is 2.32. The van der Waals surface area contributed by atoms with Crippen LogP contribution in [0, 0.1) is 0 Å². The zero-order chi connectivity index (χ0) is 15.9. The van der Waals surface area contributed by atoms with Gasteiger partial charge in [-0.25, -0.2) is 0 Å². The molecule has 0 atom stereocenters. The first-order valence-corrected chi connectivity index (χ1v) is 10.7. The second-order valence-electron chi connectivity index (χ2n) is 6.15. The molecule has 0 spiro atoms. The first-order valence-electron chi connectivity index (χ1n) is 7.01. The molecular weight excluding hydrogens is 297 g/mol. The number of benzene rings is 1. The van der Waals surface area contributed by atoms with Crippen molar-refractivity contribution in [3.8, 4) is 0 Å². The maximum atomic E-state index is 12.8. The highest BCUT2D eigenvalue weighted by molar-refractivity contribution is 6.76. The summed E-state index contributed by atoms with van der Waals surface area (Å²) in [6.45, 7) is 7.77. The molecule has 0 saturated heterocycles. The summed E-state index contributed by atoms with van der Waals surface area (Å²) in [6.07, 6.45) is -4.09. The van der Waals surface area contributed by atoms with Crippen LogP contribution in [-0.2, 0) is 22.1 Å². The normalized spacial score (nSPS) is 12.7. The Bertz CT molecular complexity index is 428. The van der Waals surface area contributed by atoms with E-state index in [1.165, 1.54) is 12.1 Å². The van der Waals surface area contributed by atoms with Gasteiger partial charge in [-0.3, -0.25) is 0 Å². The Hall–Kier alpha value is -0.853. The lowest BCUT2D eigenvalue weighted by Crippen LogP contribution is -2.22. The molecule has 0 amide bonds. The Morgan fingerprint density at radius 3 is 2.24 bits per heavy atom. The van der Waals surface area contributed by atoms with E-state index in [9.17, 15) is 13.2 Å². The molecule has 0 saturated carbocycles. The lowest BCUT2D eigenvalue weighted by Gasteiger charge is -2.15. The molecule has 1 aromatic carbocycles. The smallest absolute Gasteiger partial charge is 0.356 e. The largest absolute Gasteiger partial charge is 0.416 e. The van der Waals surface area contributed by atoms with Gasteiger partial charge in [-0.2, -0.15) is 13.2 Å². The molecule has 0 fully saturated rings. The predicted octanol–water partition coefficient (Wildman–Crippen LogP) is 4.58. The molecule has 2 nitrogen and oxygen atoms in total. The maximum Gasteiger partial charge on any atom is 0.416 e. The minimum Gasteiger partial charge on any atom is -0.356 e. The van der Waals surface area contributed by atoms with Gasteiger partial charge < -0.3 is 9.47 Å². The zero-order valence-electron chi connectivity index (χ0n) is 12.8. The van der Waals surface area contributed by atoms with Crippen molar-refractivity contribution < 1.29 is 22.6 Å². The van der Waals surface area contributed by atoms with Crippen LogP contribution < -0.4 is 0 Å². The van der Waals surface area contributed by atoms with Crippen LogP contribution in [0.15, 0.2) is 24.3 Å². The summed E-state index contributed by atoms with van der Waals surface area (Å²) >= 11 is 0. The number of halogens is 3. The summed E-state index contributed by atoms with van der Waals surface area (Å²) in [5.74, 6) is 0. The molecule has 120 valence electrons. The third kappa shape index (κ3) is 7.64. The number of hydrogen-bond donors (Lipinski definition) is 0. The van der Waals surface area contributed by atoms with Crippen molar-refractivity contribution in [2.24, 2.45) is 0 Å². The highest BCUT2D eigenvalue weighted by atomic mass is 28.3.